The lowest BCUT2D eigenvalue weighted by atomic mass is 10.4. The molecule has 2 rings (SSSR count). The summed E-state index contributed by atoms with van der Waals surface area (Å²) in [5.74, 6) is 0.776. The van der Waals surface area contributed by atoms with Crippen molar-refractivity contribution in [2.24, 2.45) is 0 Å². The Morgan fingerprint density at radius 1 is 1.31 bits per heavy atom. The lowest BCUT2D eigenvalue weighted by Gasteiger charge is -2.04. The van der Waals surface area contributed by atoms with Crippen LogP contribution in [0.5, 0.6) is 0 Å². The monoisotopic (exact) mass is 304 g/mol. The highest BCUT2D eigenvalue weighted by Gasteiger charge is 2.05. The quantitative estimate of drug-likeness (QED) is 0.740. The molecule has 0 atom stereocenters. The van der Waals surface area contributed by atoms with E-state index in [0.717, 1.165) is 9.39 Å². The van der Waals surface area contributed by atoms with E-state index in [1.807, 2.05) is 35.2 Å². The first-order valence-corrected chi connectivity index (χ1v) is 5.18. The highest BCUT2D eigenvalue weighted by molar-refractivity contribution is 14.1. The predicted octanol–water partition coefficient (Wildman–Crippen LogP) is 3.13. The lowest BCUT2D eigenvalue weighted by molar-refractivity contribution is 1.01. The van der Waals surface area contributed by atoms with Crippen molar-refractivity contribution in [3.05, 3.63) is 45.4 Å². The van der Waals surface area contributed by atoms with Crippen molar-refractivity contribution in [2.45, 2.75) is 0 Å². The normalized spacial score (nSPS) is 10.3. The maximum absolute atomic E-state index is 6.09. The third-order valence-electron chi connectivity index (χ3n) is 1.67. The zero-order valence-electron chi connectivity index (χ0n) is 6.61. The molecule has 0 aliphatic carbocycles. The maximum Gasteiger partial charge on any atom is 0.156 e. The van der Waals surface area contributed by atoms with Crippen LogP contribution in [0.25, 0.3) is 5.82 Å². The van der Waals surface area contributed by atoms with Gasteiger partial charge < -0.3 is 4.57 Å². The second kappa shape index (κ2) is 3.67. The summed E-state index contributed by atoms with van der Waals surface area (Å²) in [6.45, 7) is 0. The second-order valence-electron chi connectivity index (χ2n) is 2.52. The Morgan fingerprint density at radius 3 is 2.69 bits per heavy atom. The average Bonchev–Trinajstić information content (AvgIpc) is 2.62. The lowest BCUT2D eigenvalue weighted by Crippen LogP contribution is -1.95. The largest absolute Gasteiger partial charge is 0.307 e. The van der Waals surface area contributed by atoms with Crippen LogP contribution in [-0.4, -0.2) is 9.55 Å². The minimum atomic E-state index is 0.694. The molecule has 13 heavy (non-hydrogen) atoms. The number of halogens is 2. The van der Waals surface area contributed by atoms with E-state index < -0.39 is 0 Å². The molecule has 2 nitrogen and oxygen atoms in total. The molecule has 0 radical (unpaired) electrons. The third kappa shape index (κ3) is 1.71. The Balaban J connectivity index is 2.59. The molecule has 0 aliphatic rings. The van der Waals surface area contributed by atoms with Crippen LogP contribution in [0.15, 0.2) is 36.8 Å². The molecular formula is C9H6ClIN2. The van der Waals surface area contributed by atoms with Crippen molar-refractivity contribution in [1.82, 2.24) is 9.55 Å². The van der Waals surface area contributed by atoms with Gasteiger partial charge in [-0.1, -0.05) is 11.6 Å². The van der Waals surface area contributed by atoms with Gasteiger partial charge in [-0.25, -0.2) is 4.98 Å². The van der Waals surface area contributed by atoms with Crippen molar-refractivity contribution < 1.29 is 0 Å². The third-order valence-corrected chi connectivity index (χ3v) is 3.26. The van der Waals surface area contributed by atoms with Crippen LogP contribution in [0, 0.1) is 3.57 Å². The Hall–Kier alpha value is -0.550. The molecule has 0 saturated carbocycles. The Labute approximate surface area is 94.7 Å². The van der Waals surface area contributed by atoms with E-state index in [1.54, 1.807) is 6.20 Å². The molecule has 2 aromatic heterocycles. The van der Waals surface area contributed by atoms with Gasteiger partial charge in [0.2, 0.25) is 0 Å². The Bertz CT molecular complexity index is 412. The van der Waals surface area contributed by atoms with Gasteiger partial charge in [-0.2, -0.15) is 0 Å². The van der Waals surface area contributed by atoms with Gasteiger partial charge >= 0.3 is 0 Å². The molecule has 2 heterocycles. The molecule has 0 amide bonds. The number of pyridine rings is 1. The van der Waals surface area contributed by atoms with E-state index in [0.29, 0.717) is 5.02 Å². The van der Waals surface area contributed by atoms with Gasteiger partial charge in [-0.05, 0) is 40.8 Å². The summed E-state index contributed by atoms with van der Waals surface area (Å²) in [6.07, 6.45) is 5.59. The number of aromatic nitrogens is 2. The topological polar surface area (TPSA) is 17.8 Å². The van der Waals surface area contributed by atoms with Crippen LogP contribution >= 0.6 is 34.2 Å². The van der Waals surface area contributed by atoms with Crippen LogP contribution in [0.3, 0.4) is 0 Å². The second-order valence-corrected chi connectivity index (χ2v) is 4.06. The van der Waals surface area contributed by atoms with Crippen molar-refractivity contribution in [3.8, 4) is 5.82 Å². The first kappa shape index (κ1) is 9.02. The van der Waals surface area contributed by atoms with E-state index in [2.05, 4.69) is 27.6 Å². The summed E-state index contributed by atoms with van der Waals surface area (Å²) < 4.78 is 2.91. The van der Waals surface area contributed by atoms with Crippen molar-refractivity contribution in [1.29, 1.82) is 0 Å². The van der Waals surface area contributed by atoms with Crippen LogP contribution < -0.4 is 0 Å². The standard InChI is InChI=1S/C9H6ClIN2/c10-8-7(11)3-4-12-9(8)13-5-1-2-6-13/h1-6H. The van der Waals surface area contributed by atoms with Gasteiger partial charge in [0, 0.05) is 22.2 Å². The molecule has 2 aromatic rings. The van der Waals surface area contributed by atoms with E-state index >= 15 is 0 Å². The fraction of sp³-hybridized carbons (Fsp3) is 0. The first-order valence-electron chi connectivity index (χ1n) is 3.72. The van der Waals surface area contributed by atoms with Gasteiger partial charge in [0.25, 0.3) is 0 Å². The smallest absolute Gasteiger partial charge is 0.156 e. The summed E-state index contributed by atoms with van der Waals surface area (Å²) >= 11 is 8.28. The number of hydrogen-bond donors (Lipinski definition) is 0. The van der Waals surface area contributed by atoms with Crippen LogP contribution in [0.2, 0.25) is 5.02 Å². The van der Waals surface area contributed by atoms with Gasteiger partial charge in [0.05, 0.1) is 5.02 Å². The van der Waals surface area contributed by atoms with Crippen LogP contribution in [-0.2, 0) is 0 Å². The number of hydrogen-bond acceptors (Lipinski definition) is 1. The van der Waals surface area contributed by atoms with Gasteiger partial charge in [0.15, 0.2) is 5.82 Å². The molecule has 0 aromatic carbocycles. The summed E-state index contributed by atoms with van der Waals surface area (Å²) in [7, 11) is 0. The zero-order chi connectivity index (χ0) is 9.26. The molecule has 0 unspecified atom stereocenters. The van der Waals surface area contributed by atoms with Gasteiger partial charge in [0.1, 0.15) is 0 Å². The molecular weight excluding hydrogens is 298 g/mol. The average molecular weight is 305 g/mol. The fourth-order valence-corrected chi connectivity index (χ4v) is 1.68. The molecule has 0 bridgehead atoms. The molecule has 0 N–H and O–H groups in total. The Morgan fingerprint density at radius 2 is 2.00 bits per heavy atom. The fourth-order valence-electron chi connectivity index (χ4n) is 1.07. The number of nitrogens with zero attached hydrogens (tertiary/aromatic N) is 2. The molecule has 4 heteroatoms. The minimum absolute atomic E-state index is 0.694. The highest BCUT2D eigenvalue weighted by Crippen LogP contribution is 2.23. The first-order chi connectivity index (χ1) is 6.29. The van der Waals surface area contributed by atoms with Crippen LogP contribution in [0.1, 0.15) is 0 Å². The summed E-state index contributed by atoms with van der Waals surface area (Å²) in [5, 5.41) is 0.694. The molecule has 0 saturated heterocycles. The predicted molar refractivity (Wildman–Crippen MR) is 61.3 cm³/mol. The van der Waals surface area contributed by atoms with Crippen molar-refractivity contribution in [2.75, 3.05) is 0 Å². The van der Waals surface area contributed by atoms with Gasteiger partial charge in [-0.3, -0.25) is 0 Å². The highest BCUT2D eigenvalue weighted by atomic mass is 127. The van der Waals surface area contributed by atoms with Crippen molar-refractivity contribution in [3.63, 3.8) is 0 Å². The molecule has 0 aliphatic heterocycles. The van der Waals surface area contributed by atoms with E-state index in [9.17, 15) is 0 Å². The minimum Gasteiger partial charge on any atom is -0.307 e. The summed E-state index contributed by atoms with van der Waals surface area (Å²) in [6, 6.07) is 5.77. The van der Waals surface area contributed by atoms with E-state index in [1.165, 1.54) is 0 Å². The summed E-state index contributed by atoms with van der Waals surface area (Å²) in [4.78, 5) is 4.21. The zero-order valence-corrected chi connectivity index (χ0v) is 9.53. The SMILES string of the molecule is Clc1c(I)ccnc1-n1cccc1. The Kier molecular flexibility index (Phi) is 2.55. The number of rotatable bonds is 1. The molecule has 66 valence electrons. The van der Waals surface area contributed by atoms with Gasteiger partial charge in [-0.15, -0.1) is 0 Å². The maximum atomic E-state index is 6.09. The van der Waals surface area contributed by atoms with Crippen molar-refractivity contribution >= 4 is 34.2 Å². The van der Waals surface area contributed by atoms with E-state index in [4.69, 9.17) is 11.6 Å². The summed E-state index contributed by atoms with van der Waals surface area (Å²) in [5.41, 5.74) is 0. The molecule has 0 fully saturated rings. The van der Waals surface area contributed by atoms with Crippen LogP contribution in [0.4, 0.5) is 0 Å². The molecule has 0 spiro atoms. The van der Waals surface area contributed by atoms with E-state index in [-0.39, 0.29) is 0 Å².